The zero-order valence-corrected chi connectivity index (χ0v) is 11.8. The van der Waals surface area contributed by atoms with Crippen LogP contribution in [0.25, 0.3) is 0 Å². The van der Waals surface area contributed by atoms with Crippen molar-refractivity contribution in [3.8, 4) is 0 Å². The van der Waals surface area contributed by atoms with E-state index < -0.39 is 0 Å². The Bertz CT molecular complexity index is 455. The maximum Gasteiger partial charge on any atom is 0.161 e. The maximum absolute atomic E-state index is 11.3. The molecule has 19 heavy (non-hydrogen) atoms. The number of carbonyl (C=O) groups excluding carboxylic acids is 1. The molecule has 0 aromatic heterocycles. The zero-order valence-electron chi connectivity index (χ0n) is 11.8. The van der Waals surface area contributed by atoms with Crippen molar-refractivity contribution in [3.05, 3.63) is 23.8 Å². The van der Waals surface area contributed by atoms with Crippen LogP contribution >= 0.6 is 0 Å². The van der Waals surface area contributed by atoms with Gasteiger partial charge in [-0.2, -0.15) is 0 Å². The van der Waals surface area contributed by atoms with Gasteiger partial charge in [0.2, 0.25) is 0 Å². The summed E-state index contributed by atoms with van der Waals surface area (Å²) in [4.78, 5) is 13.8. The van der Waals surface area contributed by atoms with E-state index in [1.165, 1.54) is 19.8 Å². The number of hydrogen-bond donors (Lipinski definition) is 2. The second-order valence-electron chi connectivity index (χ2n) is 5.14. The highest BCUT2D eigenvalue weighted by atomic mass is 16.1. The summed E-state index contributed by atoms with van der Waals surface area (Å²) in [6.45, 7) is 6.81. The number of nitrogens with two attached hydrogens (primary N) is 1. The molecule has 1 aliphatic rings. The fraction of sp³-hybridized carbons (Fsp3) is 0.533. The topological polar surface area (TPSA) is 58.4 Å². The zero-order chi connectivity index (χ0) is 13.8. The third kappa shape index (κ3) is 3.70. The molecule has 0 aliphatic heterocycles. The van der Waals surface area contributed by atoms with Crippen LogP contribution in [0.3, 0.4) is 0 Å². The molecular formula is C15H23N3O. The molecule has 3 N–H and O–H groups in total. The lowest BCUT2D eigenvalue weighted by Gasteiger charge is -2.20. The van der Waals surface area contributed by atoms with Gasteiger partial charge in [0.25, 0.3) is 0 Å². The Morgan fingerprint density at radius 2 is 2.21 bits per heavy atom. The summed E-state index contributed by atoms with van der Waals surface area (Å²) in [5.41, 5.74) is 7.99. The number of nitrogens with zero attached hydrogens (tertiary/aromatic N) is 1. The number of anilines is 2. The monoisotopic (exact) mass is 261 g/mol. The van der Waals surface area contributed by atoms with E-state index in [2.05, 4.69) is 17.1 Å². The summed E-state index contributed by atoms with van der Waals surface area (Å²) in [6, 6.07) is 6.35. The van der Waals surface area contributed by atoms with Gasteiger partial charge in [0.15, 0.2) is 5.78 Å². The predicted molar refractivity (Wildman–Crippen MR) is 79.6 cm³/mol. The molecule has 0 saturated heterocycles. The molecule has 1 aromatic carbocycles. The lowest BCUT2D eigenvalue weighted by Crippen LogP contribution is -2.30. The van der Waals surface area contributed by atoms with E-state index in [9.17, 15) is 4.79 Å². The van der Waals surface area contributed by atoms with Crippen molar-refractivity contribution in [2.24, 2.45) is 0 Å². The van der Waals surface area contributed by atoms with Gasteiger partial charge in [-0.25, -0.2) is 0 Å². The fourth-order valence-electron chi connectivity index (χ4n) is 2.38. The fourth-order valence-corrected chi connectivity index (χ4v) is 2.38. The van der Waals surface area contributed by atoms with Gasteiger partial charge in [-0.15, -0.1) is 0 Å². The molecule has 2 rings (SSSR count). The number of likely N-dealkylation sites (N-methyl/N-ethyl adjacent to an activating group) is 1. The van der Waals surface area contributed by atoms with E-state index in [1.807, 2.05) is 12.1 Å². The standard InChI is InChI=1S/C15H23N3O/c1-3-18(13-5-6-13)9-8-17-12-4-7-14(11(2)19)15(16)10-12/h4,7,10,13,17H,3,5-6,8-9,16H2,1-2H3. The van der Waals surface area contributed by atoms with Crippen LogP contribution < -0.4 is 11.1 Å². The number of carbonyl (C=O) groups is 1. The van der Waals surface area contributed by atoms with E-state index in [1.54, 1.807) is 6.07 Å². The van der Waals surface area contributed by atoms with Gasteiger partial charge in [-0.1, -0.05) is 6.92 Å². The molecule has 104 valence electrons. The minimum absolute atomic E-state index is 0.00921. The molecule has 4 heteroatoms. The third-order valence-electron chi connectivity index (χ3n) is 3.63. The Morgan fingerprint density at radius 3 is 2.74 bits per heavy atom. The Labute approximate surface area is 115 Å². The van der Waals surface area contributed by atoms with Crippen LogP contribution in [-0.4, -0.2) is 36.4 Å². The van der Waals surface area contributed by atoms with Gasteiger partial charge < -0.3 is 11.1 Å². The minimum Gasteiger partial charge on any atom is -0.398 e. The maximum atomic E-state index is 11.3. The number of nitrogen functional groups attached to an aromatic ring is 1. The first-order valence-corrected chi connectivity index (χ1v) is 7.00. The number of Topliss-reactive ketones (excluding diaryl/α,β-unsaturated/α-hetero) is 1. The van der Waals surface area contributed by atoms with E-state index in [0.717, 1.165) is 31.4 Å². The van der Waals surface area contributed by atoms with Crippen molar-refractivity contribution < 1.29 is 4.79 Å². The van der Waals surface area contributed by atoms with Gasteiger partial charge in [0, 0.05) is 36.1 Å². The summed E-state index contributed by atoms with van der Waals surface area (Å²) in [5.74, 6) is 0.00921. The van der Waals surface area contributed by atoms with Crippen molar-refractivity contribution in [3.63, 3.8) is 0 Å². The number of nitrogens with one attached hydrogen (secondary N) is 1. The molecule has 1 aromatic rings. The molecule has 4 nitrogen and oxygen atoms in total. The normalized spacial score (nSPS) is 14.7. The lowest BCUT2D eigenvalue weighted by atomic mass is 10.1. The first kappa shape index (κ1) is 13.9. The lowest BCUT2D eigenvalue weighted by molar-refractivity contribution is 0.101. The quantitative estimate of drug-likeness (QED) is 0.584. The average molecular weight is 261 g/mol. The molecule has 0 amide bonds. The molecule has 1 fully saturated rings. The molecule has 1 saturated carbocycles. The summed E-state index contributed by atoms with van der Waals surface area (Å²) in [7, 11) is 0. The molecule has 0 spiro atoms. The van der Waals surface area contributed by atoms with Gasteiger partial charge >= 0.3 is 0 Å². The van der Waals surface area contributed by atoms with Crippen LogP contribution in [0, 0.1) is 0 Å². The second kappa shape index (κ2) is 6.06. The molecular weight excluding hydrogens is 238 g/mol. The first-order chi connectivity index (χ1) is 9.11. The van der Waals surface area contributed by atoms with Crippen molar-refractivity contribution >= 4 is 17.2 Å². The SMILES string of the molecule is CCN(CCNc1ccc(C(C)=O)c(N)c1)C1CC1. The smallest absolute Gasteiger partial charge is 0.161 e. The van der Waals surface area contributed by atoms with Crippen molar-refractivity contribution in [1.29, 1.82) is 0 Å². The first-order valence-electron chi connectivity index (χ1n) is 7.00. The highest BCUT2D eigenvalue weighted by Crippen LogP contribution is 2.26. The molecule has 0 atom stereocenters. The number of hydrogen-bond acceptors (Lipinski definition) is 4. The summed E-state index contributed by atoms with van der Waals surface area (Å²) >= 11 is 0. The minimum atomic E-state index is 0.00921. The van der Waals surface area contributed by atoms with Gasteiger partial charge in [-0.05, 0) is 44.5 Å². The Kier molecular flexibility index (Phi) is 4.43. The van der Waals surface area contributed by atoms with Crippen LogP contribution in [0.15, 0.2) is 18.2 Å². The predicted octanol–water partition coefficient (Wildman–Crippen LogP) is 2.37. The molecule has 1 aliphatic carbocycles. The van der Waals surface area contributed by atoms with Crippen LogP contribution in [0.5, 0.6) is 0 Å². The molecule has 0 bridgehead atoms. The second-order valence-corrected chi connectivity index (χ2v) is 5.14. The van der Waals surface area contributed by atoms with Crippen LogP contribution in [0.4, 0.5) is 11.4 Å². The number of benzene rings is 1. The number of ketones is 1. The Hall–Kier alpha value is -1.55. The Balaban J connectivity index is 1.85. The third-order valence-corrected chi connectivity index (χ3v) is 3.63. The summed E-state index contributed by atoms with van der Waals surface area (Å²) < 4.78 is 0. The van der Waals surface area contributed by atoms with Gasteiger partial charge in [0.05, 0.1) is 0 Å². The van der Waals surface area contributed by atoms with Crippen LogP contribution in [0.1, 0.15) is 37.0 Å². The molecule has 0 unspecified atom stereocenters. The molecule has 0 heterocycles. The summed E-state index contributed by atoms with van der Waals surface area (Å²) in [6.07, 6.45) is 2.68. The average Bonchev–Trinajstić information content (AvgIpc) is 3.18. The summed E-state index contributed by atoms with van der Waals surface area (Å²) in [5, 5.41) is 3.37. The van der Waals surface area contributed by atoms with Gasteiger partial charge in [-0.3, -0.25) is 9.69 Å². The van der Waals surface area contributed by atoms with E-state index in [0.29, 0.717) is 11.3 Å². The highest BCUT2D eigenvalue weighted by molar-refractivity contribution is 5.99. The highest BCUT2D eigenvalue weighted by Gasteiger charge is 2.27. The van der Waals surface area contributed by atoms with Crippen LogP contribution in [-0.2, 0) is 0 Å². The van der Waals surface area contributed by atoms with Gasteiger partial charge in [0.1, 0.15) is 0 Å². The van der Waals surface area contributed by atoms with Crippen molar-refractivity contribution in [2.45, 2.75) is 32.7 Å². The van der Waals surface area contributed by atoms with E-state index in [4.69, 9.17) is 5.73 Å². The van der Waals surface area contributed by atoms with Crippen molar-refractivity contribution in [2.75, 3.05) is 30.7 Å². The van der Waals surface area contributed by atoms with Crippen LogP contribution in [0.2, 0.25) is 0 Å². The Morgan fingerprint density at radius 1 is 1.47 bits per heavy atom. The largest absolute Gasteiger partial charge is 0.398 e. The molecule has 0 radical (unpaired) electrons. The van der Waals surface area contributed by atoms with E-state index >= 15 is 0 Å². The van der Waals surface area contributed by atoms with Crippen molar-refractivity contribution in [1.82, 2.24) is 4.90 Å². The van der Waals surface area contributed by atoms with E-state index in [-0.39, 0.29) is 5.78 Å². The number of rotatable bonds is 7.